The van der Waals surface area contributed by atoms with Gasteiger partial charge >= 0.3 is 0 Å². The van der Waals surface area contributed by atoms with Gasteiger partial charge in [-0.2, -0.15) is 0 Å². The molecule has 1 aliphatic heterocycles. The summed E-state index contributed by atoms with van der Waals surface area (Å²) in [5, 5.41) is 10.4. The maximum atomic E-state index is 10.4. The van der Waals surface area contributed by atoms with E-state index in [0.717, 1.165) is 32.5 Å². The molecule has 1 aliphatic carbocycles. The molecule has 1 N–H and O–H groups in total. The predicted octanol–water partition coefficient (Wildman–Crippen LogP) is 2.42. The van der Waals surface area contributed by atoms with Gasteiger partial charge in [0.05, 0.1) is 5.60 Å². The molecule has 2 heteroatoms. The minimum Gasteiger partial charge on any atom is -0.390 e. The van der Waals surface area contributed by atoms with Crippen LogP contribution in [0.2, 0.25) is 0 Å². The Morgan fingerprint density at radius 3 is 2.65 bits per heavy atom. The lowest BCUT2D eigenvalue weighted by atomic mass is 9.71. The molecule has 1 heterocycles. The van der Waals surface area contributed by atoms with Gasteiger partial charge in [0.1, 0.15) is 0 Å². The van der Waals surface area contributed by atoms with Crippen molar-refractivity contribution in [1.29, 1.82) is 0 Å². The Hall–Kier alpha value is -0.860. The van der Waals surface area contributed by atoms with Crippen LogP contribution in [-0.4, -0.2) is 28.7 Å². The van der Waals surface area contributed by atoms with Crippen molar-refractivity contribution in [3.63, 3.8) is 0 Å². The van der Waals surface area contributed by atoms with E-state index in [1.165, 1.54) is 18.4 Å². The smallest absolute Gasteiger partial charge is 0.0688 e. The minimum absolute atomic E-state index is 0.314. The molecule has 0 bridgehead atoms. The van der Waals surface area contributed by atoms with E-state index in [0.29, 0.717) is 5.92 Å². The molecule has 1 saturated carbocycles. The fraction of sp³-hybridized carbons (Fsp3) is 0.600. The number of rotatable bonds is 3. The van der Waals surface area contributed by atoms with Crippen LogP contribution in [0.15, 0.2) is 30.3 Å². The van der Waals surface area contributed by atoms with Crippen molar-refractivity contribution in [2.75, 3.05) is 13.1 Å². The van der Waals surface area contributed by atoms with Crippen LogP contribution in [0.5, 0.6) is 0 Å². The summed E-state index contributed by atoms with van der Waals surface area (Å²) in [6.45, 7) is 3.25. The van der Waals surface area contributed by atoms with Crippen LogP contribution in [0.25, 0.3) is 0 Å². The Balaban J connectivity index is 1.57. The molecule has 0 unspecified atom stereocenters. The van der Waals surface area contributed by atoms with Gasteiger partial charge in [0.25, 0.3) is 0 Å². The summed E-state index contributed by atoms with van der Waals surface area (Å²) in [4.78, 5) is 2.48. The lowest BCUT2D eigenvalue weighted by Gasteiger charge is -2.41. The zero-order chi connectivity index (χ0) is 11.7. The Bertz CT molecular complexity index is 372. The topological polar surface area (TPSA) is 23.5 Å². The van der Waals surface area contributed by atoms with E-state index >= 15 is 0 Å². The lowest BCUT2D eigenvalue weighted by molar-refractivity contribution is -0.0798. The predicted molar refractivity (Wildman–Crippen MR) is 68.6 cm³/mol. The normalized spacial score (nSPS) is 27.9. The third-order valence-corrected chi connectivity index (χ3v) is 4.50. The second kappa shape index (κ2) is 4.43. The van der Waals surface area contributed by atoms with Crippen LogP contribution in [0, 0.1) is 5.92 Å². The zero-order valence-electron chi connectivity index (χ0n) is 10.3. The third kappa shape index (κ3) is 2.24. The highest BCUT2D eigenvalue weighted by Gasteiger charge is 2.44. The fourth-order valence-electron chi connectivity index (χ4n) is 3.20. The quantitative estimate of drug-likeness (QED) is 0.863. The molecule has 2 fully saturated rings. The fourth-order valence-corrected chi connectivity index (χ4v) is 3.20. The highest BCUT2D eigenvalue weighted by Crippen LogP contribution is 2.42. The highest BCUT2D eigenvalue weighted by atomic mass is 16.3. The Morgan fingerprint density at radius 2 is 2.00 bits per heavy atom. The van der Waals surface area contributed by atoms with E-state index in [9.17, 15) is 5.11 Å². The van der Waals surface area contributed by atoms with E-state index in [1.807, 2.05) is 0 Å². The number of hydrogen-bond acceptors (Lipinski definition) is 2. The van der Waals surface area contributed by atoms with E-state index in [1.54, 1.807) is 0 Å². The van der Waals surface area contributed by atoms with Crippen LogP contribution in [-0.2, 0) is 6.54 Å². The molecule has 0 aromatic heterocycles. The Labute approximate surface area is 103 Å². The first-order valence-corrected chi connectivity index (χ1v) is 6.75. The molecule has 1 aromatic rings. The van der Waals surface area contributed by atoms with Gasteiger partial charge < -0.3 is 5.11 Å². The van der Waals surface area contributed by atoms with Crippen molar-refractivity contribution in [3.05, 3.63) is 35.9 Å². The molecule has 1 aromatic carbocycles. The van der Waals surface area contributed by atoms with E-state index in [2.05, 4.69) is 35.2 Å². The monoisotopic (exact) mass is 231 g/mol. The van der Waals surface area contributed by atoms with Gasteiger partial charge in [0.15, 0.2) is 0 Å². The van der Waals surface area contributed by atoms with E-state index in [-0.39, 0.29) is 5.60 Å². The molecule has 2 aliphatic rings. The standard InChI is InChI=1S/C15H21NO/c17-15(8-4-9-15)14-7-10-16(12-14)11-13-5-2-1-3-6-13/h1-3,5-6,14,17H,4,7-12H2/t14-/m1/s1. The summed E-state index contributed by atoms with van der Waals surface area (Å²) in [6, 6.07) is 10.6. The molecule has 92 valence electrons. The highest BCUT2D eigenvalue weighted by molar-refractivity contribution is 5.14. The van der Waals surface area contributed by atoms with Gasteiger partial charge in [0, 0.05) is 19.0 Å². The summed E-state index contributed by atoms with van der Waals surface area (Å²) in [6.07, 6.45) is 4.43. The van der Waals surface area contributed by atoms with Crippen LogP contribution in [0.4, 0.5) is 0 Å². The maximum Gasteiger partial charge on any atom is 0.0688 e. The Morgan fingerprint density at radius 1 is 1.24 bits per heavy atom. The average Bonchev–Trinajstić information content (AvgIpc) is 2.76. The van der Waals surface area contributed by atoms with Crippen LogP contribution < -0.4 is 0 Å². The first kappa shape index (κ1) is 11.2. The largest absolute Gasteiger partial charge is 0.390 e. The summed E-state index contributed by atoms with van der Waals surface area (Å²) in [5.41, 5.74) is 1.07. The minimum atomic E-state index is -0.314. The van der Waals surface area contributed by atoms with Crippen molar-refractivity contribution in [1.82, 2.24) is 4.90 Å². The number of aliphatic hydroxyl groups is 1. The maximum absolute atomic E-state index is 10.4. The van der Waals surface area contributed by atoms with Gasteiger partial charge in [-0.1, -0.05) is 30.3 Å². The molecular weight excluding hydrogens is 210 g/mol. The van der Waals surface area contributed by atoms with Crippen molar-refractivity contribution >= 4 is 0 Å². The van der Waals surface area contributed by atoms with Crippen LogP contribution >= 0.6 is 0 Å². The Kier molecular flexibility index (Phi) is 2.93. The second-order valence-corrected chi connectivity index (χ2v) is 5.66. The molecule has 0 amide bonds. The summed E-state index contributed by atoms with van der Waals surface area (Å²) in [7, 11) is 0. The van der Waals surface area contributed by atoms with Crippen molar-refractivity contribution in [2.24, 2.45) is 5.92 Å². The van der Waals surface area contributed by atoms with E-state index in [4.69, 9.17) is 0 Å². The summed E-state index contributed by atoms with van der Waals surface area (Å²) >= 11 is 0. The number of likely N-dealkylation sites (tertiary alicyclic amines) is 1. The summed E-state index contributed by atoms with van der Waals surface area (Å²) in [5.74, 6) is 0.514. The van der Waals surface area contributed by atoms with Crippen LogP contribution in [0.1, 0.15) is 31.2 Å². The van der Waals surface area contributed by atoms with Gasteiger partial charge in [-0.25, -0.2) is 0 Å². The average molecular weight is 231 g/mol. The SMILES string of the molecule is OC1([C@@H]2CCN(Cc3ccccc3)C2)CCC1. The van der Waals surface area contributed by atoms with Gasteiger partial charge in [-0.15, -0.1) is 0 Å². The van der Waals surface area contributed by atoms with Crippen molar-refractivity contribution in [2.45, 2.75) is 37.8 Å². The van der Waals surface area contributed by atoms with Gasteiger partial charge in [0.2, 0.25) is 0 Å². The number of nitrogens with zero attached hydrogens (tertiary/aromatic N) is 1. The molecule has 1 atom stereocenters. The molecule has 1 saturated heterocycles. The third-order valence-electron chi connectivity index (χ3n) is 4.50. The number of hydrogen-bond donors (Lipinski definition) is 1. The molecule has 0 spiro atoms. The molecule has 2 nitrogen and oxygen atoms in total. The van der Waals surface area contributed by atoms with E-state index < -0.39 is 0 Å². The van der Waals surface area contributed by atoms with Gasteiger partial charge in [-0.05, 0) is 37.8 Å². The van der Waals surface area contributed by atoms with Crippen molar-refractivity contribution < 1.29 is 5.11 Å². The zero-order valence-corrected chi connectivity index (χ0v) is 10.3. The number of benzene rings is 1. The molecule has 3 rings (SSSR count). The molecule has 0 radical (unpaired) electrons. The molecule has 17 heavy (non-hydrogen) atoms. The summed E-state index contributed by atoms with van der Waals surface area (Å²) < 4.78 is 0. The molecular formula is C15H21NO. The first-order valence-electron chi connectivity index (χ1n) is 6.75. The second-order valence-electron chi connectivity index (χ2n) is 5.66. The van der Waals surface area contributed by atoms with Gasteiger partial charge in [-0.3, -0.25) is 4.90 Å². The van der Waals surface area contributed by atoms with Crippen molar-refractivity contribution in [3.8, 4) is 0 Å². The lowest BCUT2D eigenvalue weighted by Crippen LogP contribution is -2.45. The first-order chi connectivity index (χ1) is 8.26. The van der Waals surface area contributed by atoms with Crippen LogP contribution in [0.3, 0.4) is 0 Å².